The number of quaternary nitrogens is 1. The highest BCUT2D eigenvalue weighted by atomic mass is 16.4. The molecule has 2 aromatic carbocycles. The number of fused-ring (bicyclic) bond motifs is 4. The first-order chi connectivity index (χ1) is 17.1. The molecule has 0 radical (unpaired) electrons. The zero-order chi connectivity index (χ0) is 23.9. The summed E-state index contributed by atoms with van der Waals surface area (Å²) in [5.41, 5.74) is 6.38. The average Bonchev–Trinajstić information content (AvgIpc) is 3.32. The van der Waals surface area contributed by atoms with Crippen molar-refractivity contribution in [1.29, 1.82) is 0 Å². The fourth-order valence-electron chi connectivity index (χ4n) is 5.63. The number of nitrogens with zero attached hydrogens (tertiary/aromatic N) is 4. The number of likely N-dealkylation sites (tertiary alicyclic amines) is 1. The lowest BCUT2D eigenvalue weighted by Gasteiger charge is -2.32. The SMILES string of the molecule is Cc1ccc2c(C3CCN(CCc4cccc5c4ccc4c(C(=O)[O-])ncn45)CC3)cccc2n1.[NH4+]. The highest BCUT2D eigenvalue weighted by Crippen LogP contribution is 2.33. The molecule has 184 valence electrons. The molecule has 0 bridgehead atoms. The molecule has 7 nitrogen and oxygen atoms in total. The lowest BCUT2D eigenvalue weighted by Crippen LogP contribution is -2.34. The summed E-state index contributed by atoms with van der Waals surface area (Å²) in [6, 6.07) is 20.9. The predicted molar refractivity (Wildman–Crippen MR) is 142 cm³/mol. The van der Waals surface area contributed by atoms with E-state index in [0.717, 1.165) is 61.0 Å². The number of rotatable bonds is 5. The van der Waals surface area contributed by atoms with Crippen molar-refractivity contribution in [2.24, 2.45) is 0 Å². The van der Waals surface area contributed by atoms with Gasteiger partial charge in [-0.15, -0.1) is 0 Å². The van der Waals surface area contributed by atoms with Crippen molar-refractivity contribution in [3.05, 3.63) is 89.5 Å². The second-order valence-electron chi connectivity index (χ2n) is 9.55. The number of hydrogen-bond donors (Lipinski definition) is 1. The van der Waals surface area contributed by atoms with E-state index in [4.69, 9.17) is 4.98 Å². The number of imidazole rings is 1. The number of carbonyl (C=O) groups is 1. The molecule has 0 atom stereocenters. The Balaban J connectivity index is 0.00000267. The van der Waals surface area contributed by atoms with Gasteiger partial charge in [0.2, 0.25) is 0 Å². The first-order valence-electron chi connectivity index (χ1n) is 12.3. The van der Waals surface area contributed by atoms with Crippen molar-refractivity contribution in [1.82, 2.24) is 25.4 Å². The minimum atomic E-state index is -1.25. The Kier molecular flexibility index (Phi) is 6.43. The number of carboxylic acids is 1. The van der Waals surface area contributed by atoms with Crippen molar-refractivity contribution in [2.75, 3.05) is 19.6 Å². The summed E-state index contributed by atoms with van der Waals surface area (Å²) < 4.78 is 1.84. The molecule has 0 unspecified atom stereocenters. The van der Waals surface area contributed by atoms with Gasteiger partial charge in [0.15, 0.2) is 0 Å². The van der Waals surface area contributed by atoms with E-state index in [9.17, 15) is 9.90 Å². The molecule has 0 amide bonds. The van der Waals surface area contributed by atoms with Crippen LogP contribution in [0.3, 0.4) is 0 Å². The molecule has 3 aromatic heterocycles. The van der Waals surface area contributed by atoms with Gasteiger partial charge >= 0.3 is 0 Å². The Morgan fingerprint density at radius 1 is 0.972 bits per heavy atom. The summed E-state index contributed by atoms with van der Waals surface area (Å²) in [6.07, 6.45) is 4.84. The highest BCUT2D eigenvalue weighted by Gasteiger charge is 2.22. The number of piperidine rings is 1. The van der Waals surface area contributed by atoms with Gasteiger partial charge < -0.3 is 21.0 Å². The summed E-state index contributed by atoms with van der Waals surface area (Å²) in [4.78, 5) is 22.7. The van der Waals surface area contributed by atoms with E-state index < -0.39 is 5.97 Å². The van der Waals surface area contributed by atoms with Gasteiger partial charge in [0, 0.05) is 23.0 Å². The van der Waals surface area contributed by atoms with Crippen LogP contribution in [0.5, 0.6) is 0 Å². The van der Waals surface area contributed by atoms with Crippen LogP contribution in [0.2, 0.25) is 0 Å². The number of hydrogen-bond acceptors (Lipinski definition) is 5. The van der Waals surface area contributed by atoms with Gasteiger partial charge in [0.1, 0.15) is 12.0 Å². The monoisotopic (exact) mass is 481 g/mol. The summed E-state index contributed by atoms with van der Waals surface area (Å²) >= 11 is 0. The van der Waals surface area contributed by atoms with E-state index in [-0.39, 0.29) is 11.8 Å². The topological polar surface area (TPSA) is 110 Å². The number of carbonyl (C=O) groups excluding carboxylic acids is 1. The van der Waals surface area contributed by atoms with Gasteiger partial charge in [-0.1, -0.05) is 36.4 Å². The Morgan fingerprint density at radius 2 is 1.75 bits per heavy atom. The van der Waals surface area contributed by atoms with Crippen molar-refractivity contribution >= 4 is 33.3 Å². The van der Waals surface area contributed by atoms with Gasteiger partial charge in [-0.2, -0.15) is 0 Å². The molecule has 1 fully saturated rings. The molecule has 7 heteroatoms. The first kappa shape index (κ1) is 23.9. The molecule has 5 aromatic rings. The van der Waals surface area contributed by atoms with Crippen LogP contribution in [-0.2, 0) is 6.42 Å². The van der Waals surface area contributed by atoms with Gasteiger partial charge in [0.25, 0.3) is 0 Å². The maximum Gasteiger partial charge on any atom is 0.111 e. The highest BCUT2D eigenvalue weighted by molar-refractivity contribution is 5.95. The van der Waals surface area contributed by atoms with Crippen LogP contribution in [-0.4, -0.2) is 44.9 Å². The normalized spacial score (nSPS) is 14.9. The lowest BCUT2D eigenvalue weighted by molar-refractivity contribution is -0.255. The second kappa shape index (κ2) is 9.68. The quantitative estimate of drug-likeness (QED) is 0.397. The number of aryl methyl sites for hydroxylation is 1. The first-order valence-corrected chi connectivity index (χ1v) is 12.3. The molecular formula is C29H31N5O2. The van der Waals surface area contributed by atoms with Crippen LogP contribution >= 0.6 is 0 Å². The third-order valence-electron chi connectivity index (χ3n) is 7.47. The summed E-state index contributed by atoms with van der Waals surface area (Å²) in [5.74, 6) is -0.675. The van der Waals surface area contributed by atoms with Crippen LogP contribution in [0, 0.1) is 6.92 Å². The number of aromatic nitrogens is 3. The van der Waals surface area contributed by atoms with Crippen LogP contribution in [0.15, 0.2) is 67.0 Å². The third kappa shape index (κ3) is 4.21. The lowest BCUT2D eigenvalue weighted by atomic mass is 9.87. The Hall–Kier alpha value is -3.81. The largest absolute Gasteiger partial charge is 0.543 e. The number of carboxylic acid groups (broad SMARTS) is 1. The number of benzene rings is 2. The van der Waals surface area contributed by atoms with Crippen molar-refractivity contribution < 1.29 is 9.90 Å². The van der Waals surface area contributed by atoms with Crippen LogP contribution in [0.25, 0.3) is 27.3 Å². The standard InChI is InChI=1S/C29H28N4O2.H3N/c1-19-8-9-24-22(5-3-6-25(24)31-19)21-13-16-32(17-14-21)15-12-20-4-2-7-26-23(20)10-11-27-28(29(34)35)30-18-33(26)27;/h2-11,18,21H,12-17H2,1H3,(H,34,35);1H3. The van der Waals surface area contributed by atoms with E-state index in [0.29, 0.717) is 11.4 Å². The molecule has 36 heavy (non-hydrogen) atoms. The summed E-state index contributed by atoms with van der Waals surface area (Å²) in [6.45, 7) is 5.23. The molecule has 0 aliphatic carbocycles. The molecule has 6 rings (SSSR count). The molecule has 0 saturated carbocycles. The van der Waals surface area contributed by atoms with Crippen molar-refractivity contribution in [2.45, 2.75) is 32.1 Å². The smallest absolute Gasteiger partial charge is 0.111 e. The molecule has 4 N–H and O–H groups in total. The minimum absolute atomic E-state index is 0. The average molecular weight is 482 g/mol. The molecule has 1 aliphatic rings. The number of aromatic carboxylic acids is 1. The summed E-state index contributed by atoms with van der Waals surface area (Å²) in [5, 5.41) is 13.8. The maximum atomic E-state index is 11.4. The zero-order valence-corrected chi connectivity index (χ0v) is 20.8. The van der Waals surface area contributed by atoms with Crippen LogP contribution < -0.4 is 11.3 Å². The van der Waals surface area contributed by atoms with Gasteiger partial charge in [-0.25, -0.2) is 4.98 Å². The second-order valence-corrected chi connectivity index (χ2v) is 9.55. The fraction of sp³-hybridized carbons (Fsp3) is 0.276. The van der Waals surface area contributed by atoms with Crippen LogP contribution in [0.1, 0.15) is 46.1 Å². The Labute approximate surface area is 210 Å². The van der Waals surface area contributed by atoms with E-state index in [1.165, 1.54) is 16.5 Å². The zero-order valence-electron chi connectivity index (χ0n) is 20.8. The Bertz CT molecular complexity index is 1570. The van der Waals surface area contributed by atoms with Crippen LogP contribution in [0.4, 0.5) is 0 Å². The fourth-order valence-corrected chi connectivity index (χ4v) is 5.63. The van der Waals surface area contributed by atoms with Gasteiger partial charge in [0.05, 0.1) is 22.5 Å². The van der Waals surface area contributed by atoms with E-state index in [1.807, 2.05) is 35.6 Å². The van der Waals surface area contributed by atoms with E-state index in [2.05, 4.69) is 46.3 Å². The van der Waals surface area contributed by atoms with Gasteiger partial charge in [-0.05, 0) is 80.6 Å². The molecule has 1 saturated heterocycles. The summed E-state index contributed by atoms with van der Waals surface area (Å²) in [7, 11) is 0. The van der Waals surface area contributed by atoms with E-state index >= 15 is 0 Å². The molecular weight excluding hydrogens is 450 g/mol. The van der Waals surface area contributed by atoms with Crippen molar-refractivity contribution in [3.63, 3.8) is 0 Å². The maximum absolute atomic E-state index is 11.4. The molecule has 1 aliphatic heterocycles. The minimum Gasteiger partial charge on any atom is -0.543 e. The molecule has 0 spiro atoms. The Morgan fingerprint density at radius 3 is 2.56 bits per heavy atom. The van der Waals surface area contributed by atoms with Crippen molar-refractivity contribution in [3.8, 4) is 0 Å². The third-order valence-corrected chi connectivity index (χ3v) is 7.47. The predicted octanol–water partition coefficient (Wildman–Crippen LogP) is 4.51. The number of pyridine rings is 2. The van der Waals surface area contributed by atoms with E-state index in [1.54, 1.807) is 6.33 Å². The molecule has 4 heterocycles. The van der Waals surface area contributed by atoms with Gasteiger partial charge in [-0.3, -0.25) is 9.38 Å².